The average Bonchev–Trinajstić information content (AvgIpc) is 2.01. The summed E-state index contributed by atoms with van der Waals surface area (Å²) in [5.41, 5.74) is 0. The third-order valence-electron chi connectivity index (χ3n) is 2.21. The summed E-state index contributed by atoms with van der Waals surface area (Å²) < 4.78 is 0. The number of carboxylic acid groups (broad SMARTS) is 1. The molecule has 0 aromatic heterocycles. The fourth-order valence-corrected chi connectivity index (χ4v) is 1.44. The highest BCUT2D eigenvalue weighted by atomic mass is 16.4. The quantitative estimate of drug-likeness (QED) is 0.582. The van der Waals surface area contributed by atoms with E-state index in [-0.39, 0.29) is 18.9 Å². The average molecular weight is 200 g/mol. The molecule has 1 rings (SSSR count). The van der Waals surface area contributed by atoms with Crippen LogP contribution in [0.2, 0.25) is 0 Å². The van der Waals surface area contributed by atoms with E-state index >= 15 is 0 Å². The lowest BCUT2D eigenvalue weighted by Crippen LogP contribution is -2.57. The molecule has 78 valence electrons. The van der Waals surface area contributed by atoms with Gasteiger partial charge in [-0.25, -0.2) is 4.79 Å². The lowest BCUT2D eigenvalue weighted by molar-refractivity contribution is -0.137. The smallest absolute Gasteiger partial charge is 0.321 e. The van der Waals surface area contributed by atoms with Gasteiger partial charge in [0.2, 0.25) is 5.91 Å². The first-order valence-electron chi connectivity index (χ1n) is 4.34. The minimum atomic E-state index is -0.943. The van der Waals surface area contributed by atoms with Gasteiger partial charge in [-0.05, 0) is 13.3 Å². The van der Waals surface area contributed by atoms with Crippen molar-refractivity contribution in [2.75, 3.05) is 0 Å². The summed E-state index contributed by atoms with van der Waals surface area (Å²) in [6, 6.07) is -0.829. The Morgan fingerprint density at radius 2 is 2.14 bits per heavy atom. The first-order chi connectivity index (χ1) is 6.50. The molecule has 0 aromatic rings. The molecule has 1 aliphatic heterocycles. The molecule has 3 amide bonds. The van der Waals surface area contributed by atoms with E-state index in [1.54, 1.807) is 6.92 Å². The van der Waals surface area contributed by atoms with Gasteiger partial charge < -0.3 is 10.4 Å². The number of rotatable bonds is 3. The van der Waals surface area contributed by atoms with Crippen LogP contribution in [-0.4, -0.2) is 29.1 Å². The molecule has 0 radical (unpaired) electrons. The van der Waals surface area contributed by atoms with Crippen molar-refractivity contribution in [1.82, 2.24) is 10.6 Å². The van der Waals surface area contributed by atoms with Crippen molar-refractivity contribution in [2.24, 2.45) is 5.92 Å². The SMILES string of the molecule is CC1NC(=O)NC(=O)C1CCC(=O)O. The van der Waals surface area contributed by atoms with Gasteiger partial charge in [-0.2, -0.15) is 0 Å². The molecule has 1 heterocycles. The zero-order valence-corrected chi connectivity index (χ0v) is 7.74. The van der Waals surface area contributed by atoms with Crippen LogP contribution in [0.1, 0.15) is 19.8 Å². The van der Waals surface area contributed by atoms with Gasteiger partial charge in [-0.1, -0.05) is 0 Å². The van der Waals surface area contributed by atoms with Crippen LogP contribution in [0.5, 0.6) is 0 Å². The Bertz CT molecular complexity index is 277. The highest BCUT2D eigenvalue weighted by Gasteiger charge is 2.32. The highest BCUT2D eigenvalue weighted by molar-refractivity contribution is 5.98. The molecule has 6 nitrogen and oxygen atoms in total. The van der Waals surface area contributed by atoms with E-state index in [9.17, 15) is 14.4 Å². The summed E-state index contributed by atoms with van der Waals surface area (Å²) in [5, 5.41) is 13.1. The molecular formula is C8H12N2O4. The lowest BCUT2D eigenvalue weighted by Gasteiger charge is -2.28. The van der Waals surface area contributed by atoms with E-state index in [0.29, 0.717) is 0 Å². The maximum Gasteiger partial charge on any atom is 0.321 e. The van der Waals surface area contributed by atoms with Crippen molar-refractivity contribution < 1.29 is 19.5 Å². The van der Waals surface area contributed by atoms with Gasteiger partial charge in [-0.15, -0.1) is 0 Å². The van der Waals surface area contributed by atoms with Crippen molar-refractivity contribution >= 4 is 17.9 Å². The van der Waals surface area contributed by atoms with Gasteiger partial charge in [0.05, 0.1) is 5.92 Å². The zero-order chi connectivity index (χ0) is 10.7. The standard InChI is InChI=1S/C8H12N2O4/c1-4-5(2-3-6(11)12)7(13)10-8(14)9-4/h4-5H,2-3H2,1H3,(H,11,12)(H2,9,10,13,14). The Hall–Kier alpha value is -1.59. The van der Waals surface area contributed by atoms with Gasteiger partial charge in [0.1, 0.15) is 0 Å². The molecule has 0 aromatic carbocycles. The van der Waals surface area contributed by atoms with Crippen LogP contribution in [0, 0.1) is 5.92 Å². The third kappa shape index (κ3) is 2.45. The first-order valence-corrected chi connectivity index (χ1v) is 4.34. The second kappa shape index (κ2) is 4.08. The zero-order valence-electron chi connectivity index (χ0n) is 7.74. The molecule has 14 heavy (non-hydrogen) atoms. The van der Waals surface area contributed by atoms with Crippen LogP contribution in [0.25, 0.3) is 0 Å². The normalized spacial score (nSPS) is 26.6. The summed E-state index contributed by atoms with van der Waals surface area (Å²) >= 11 is 0. The number of aliphatic carboxylic acids is 1. The van der Waals surface area contributed by atoms with Crippen LogP contribution in [0.3, 0.4) is 0 Å². The topological polar surface area (TPSA) is 95.5 Å². The predicted octanol–water partition coefficient (Wildman–Crippen LogP) is -0.305. The monoisotopic (exact) mass is 200 g/mol. The van der Waals surface area contributed by atoms with Crippen molar-refractivity contribution in [1.29, 1.82) is 0 Å². The Kier molecular flexibility index (Phi) is 3.06. The summed E-state index contributed by atoms with van der Waals surface area (Å²) in [5.74, 6) is -1.80. The summed E-state index contributed by atoms with van der Waals surface area (Å²) in [6.45, 7) is 1.68. The molecule has 0 aliphatic carbocycles. The minimum Gasteiger partial charge on any atom is -0.481 e. The van der Waals surface area contributed by atoms with Crippen molar-refractivity contribution in [2.45, 2.75) is 25.8 Å². The first kappa shape index (κ1) is 10.5. The Morgan fingerprint density at radius 1 is 1.50 bits per heavy atom. The van der Waals surface area contributed by atoms with Crippen molar-refractivity contribution in [3.05, 3.63) is 0 Å². The highest BCUT2D eigenvalue weighted by Crippen LogP contribution is 2.14. The van der Waals surface area contributed by atoms with E-state index < -0.39 is 23.8 Å². The molecule has 2 atom stereocenters. The number of hydrogen-bond acceptors (Lipinski definition) is 3. The molecule has 3 N–H and O–H groups in total. The fourth-order valence-electron chi connectivity index (χ4n) is 1.44. The van der Waals surface area contributed by atoms with Gasteiger partial charge in [0, 0.05) is 12.5 Å². The number of carbonyl (C=O) groups is 3. The molecular weight excluding hydrogens is 188 g/mol. The molecule has 1 fully saturated rings. The van der Waals surface area contributed by atoms with E-state index in [4.69, 9.17) is 5.11 Å². The largest absolute Gasteiger partial charge is 0.481 e. The van der Waals surface area contributed by atoms with Gasteiger partial charge >= 0.3 is 12.0 Å². The molecule has 6 heteroatoms. The molecule has 1 aliphatic rings. The number of carbonyl (C=O) groups excluding carboxylic acids is 2. The predicted molar refractivity (Wildman–Crippen MR) is 46.5 cm³/mol. The van der Waals surface area contributed by atoms with Gasteiger partial charge in [0.25, 0.3) is 0 Å². The number of nitrogens with one attached hydrogen (secondary N) is 2. The fraction of sp³-hybridized carbons (Fsp3) is 0.625. The second-order valence-corrected chi connectivity index (χ2v) is 3.29. The second-order valence-electron chi connectivity index (χ2n) is 3.29. The van der Waals surface area contributed by atoms with Gasteiger partial charge in [-0.3, -0.25) is 14.9 Å². The number of hydrogen-bond donors (Lipinski definition) is 3. The van der Waals surface area contributed by atoms with Gasteiger partial charge in [0.15, 0.2) is 0 Å². The maximum absolute atomic E-state index is 11.3. The molecule has 1 saturated heterocycles. The van der Waals surface area contributed by atoms with E-state index in [1.165, 1.54) is 0 Å². The summed E-state index contributed by atoms with van der Waals surface area (Å²) in [4.78, 5) is 32.4. The van der Waals surface area contributed by atoms with Crippen LogP contribution in [0.15, 0.2) is 0 Å². The van der Waals surface area contributed by atoms with Crippen LogP contribution >= 0.6 is 0 Å². The molecule has 0 bridgehead atoms. The Balaban J connectivity index is 2.54. The van der Waals surface area contributed by atoms with E-state index in [0.717, 1.165) is 0 Å². The van der Waals surface area contributed by atoms with Crippen LogP contribution in [-0.2, 0) is 9.59 Å². The van der Waals surface area contributed by atoms with E-state index in [2.05, 4.69) is 10.6 Å². The molecule has 0 spiro atoms. The molecule has 0 saturated carbocycles. The van der Waals surface area contributed by atoms with Crippen molar-refractivity contribution in [3.63, 3.8) is 0 Å². The maximum atomic E-state index is 11.3. The minimum absolute atomic E-state index is 0.0711. The van der Waals surface area contributed by atoms with E-state index in [1.807, 2.05) is 0 Å². The van der Waals surface area contributed by atoms with Crippen LogP contribution in [0.4, 0.5) is 4.79 Å². The Labute approximate surface area is 80.7 Å². The number of amides is 3. The third-order valence-corrected chi connectivity index (χ3v) is 2.21. The summed E-state index contributed by atoms with van der Waals surface area (Å²) in [7, 11) is 0. The number of carboxylic acids is 1. The number of urea groups is 1. The molecule has 2 unspecified atom stereocenters. The number of imide groups is 1. The lowest BCUT2D eigenvalue weighted by atomic mass is 9.93. The van der Waals surface area contributed by atoms with Crippen LogP contribution < -0.4 is 10.6 Å². The summed E-state index contributed by atoms with van der Waals surface area (Å²) in [6.07, 6.45) is 0.168. The van der Waals surface area contributed by atoms with Crippen molar-refractivity contribution in [3.8, 4) is 0 Å². The Morgan fingerprint density at radius 3 is 2.64 bits per heavy atom.